The maximum atomic E-state index is 11.0. The van der Waals surface area contributed by atoms with Crippen molar-refractivity contribution in [1.82, 2.24) is 4.90 Å². The van der Waals surface area contributed by atoms with Crippen LogP contribution in [-0.4, -0.2) is 45.9 Å². The van der Waals surface area contributed by atoms with Gasteiger partial charge in [-0.1, -0.05) is 18.2 Å². The maximum absolute atomic E-state index is 11.0. The zero-order valence-electron chi connectivity index (χ0n) is 9.52. The molecule has 0 spiro atoms. The van der Waals surface area contributed by atoms with E-state index in [4.69, 9.17) is 14.9 Å². The van der Waals surface area contributed by atoms with Crippen molar-refractivity contribution in [3.63, 3.8) is 0 Å². The van der Waals surface area contributed by atoms with Gasteiger partial charge in [-0.05, 0) is 12.1 Å². The van der Waals surface area contributed by atoms with E-state index >= 15 is 0 Å². The predicted molar refractivity (Wildman–Crippen MR) is 61.6 cm³/mol. The van der Waals surface area contributed by atoms with Crippen LogP contribution in [0, 0.1) is 0 Å². The first-order valence-electron chi connectivity index (χ1n) is 5.52. The van der Waals surface area contributed by atoms with Crippen LogP contribution in [0.1, 0.15) is 6.42 Å². The Morgan fingerprint density at radius 2 is 1.89 bits per heavy atom. The molecule has 1 aliphatic heterocycles. The summed E-state index contributed by atoms with van der Waals surface area (Å²) in [5, 5.41) is 17.9. The minimum absolute atomic E-state index is 0.0706. The fourth-order valence-electron chi connectivity index (χ4n) is 2.02. The number of para-hydroxylation sites is 1. The number of likely N-dealkylation sites (tertiary alicyclic amines) is 1. The molecule has 2 N–H and O–H groups in total. The van der Waals surface area contributed by atoms with Gasteiger partial charge in [-0.25, -0.2) is 9.59 Å². The quantitative estimate of drug-likeness (QED) is 0.844. The predicted octanol–water partition coefficient (Wildman–Crippen LogP) is 1.27. The van der Waals surface area contributed by atoms with Crippen molar-refractivity contribution in [1.29, 1.82) is 0 Å². The Bertz CT molecular complexity index is 425. The van der Waals surface area contributed by atoms with E-state index in [0.717, 1.165) is 4.90 Å². The van der Waals surface area contributed by atoms with Crippen LogP contribution in [0.4, 0.5) is 4.79 Å². The Hall–Kier alpha value is -2.24. The Balaban J connectivity index is 2.05. The Kier molecular flexibility index (Phi) is 3.36. The molecule has 6 nitrogen and oxygen atoms in total. The van der Waals surface area contributed by atoms with E-state index in [2.05, 4.69) is 0 Å². The normalized spacial score (nSPS) is 22.8. The summed E-state index contributed by atoms with van der Waals surface area (Å²) in [4.78, 5) is 22.8. The number of benzene rings is 1. The minimum atomic E-state index is -1.23. The molecule has 1 aromatic rings. The molecule has 18 heavy (non-hydrogen) atoms. The van der Waals surface area contributed by atoms with E-state index < -0.39 is 24.2 Å². The first kappa shape index (κ1) is 12.2. The molecule has 6 heteroatoms. The maximum Gasteiger partial charge on any atom is 0.408 e. The highest BCUT2D eigenvalue weighted by Gasteiger charge is 2.40. The number of carbonyl (C=O) groups is 2. The number of ether oxygens (including phenoxy) is 1. The highest BCUT2D eigenvalue weighted by atomic mass is 16.5. The Labute approximate surface area is 103 Å². The largest absolute Gasteiger partial charge is 0.488 e. The topological polar surface area (TPSA) is 87.1 Å². The van der Waals surface area contributed by atoms with Crippen molar-refractivity contribution in [3.05, 3.63) is 30.3 Å². The lowest BCUT2D eigenvalue weighted by molar-refractivity contribution is -0.141. The molecular weight excluding hydrogens is 238 g/mol. The van der Waals surface area contributed by atoms with Gasteiger partial charge >= 0.3 is 12.1 Å². The third kappa shape index (κ3) is 2.53. The number of nitrogens with zero attached hydrogens (tertiary/aromatic N) is 1. The highest BCUT2D eigenvalue weighted by molar-refractivity contribution is 5.80. The Morgan fingerprint density at radius 1 is 1.22 bits per heavy atom. The summed E-state index contributed by atoms with van der Waals surface area (Å²) >= 11 is 0. The average molecular weight is 251 g/mol. The zero-order valence-corrected chi connectivity index (χ0v) is 9.52. The van der Waals surface area contributed by atoms with Crippen LogP contribution in [-0.2, 0) is 4.79 Å². The van der Waals surface area contributed by atoms with Crippen LogP contribution in [0.5, 0.6) is 5.75 Å². The van der Waals surface area contributed by atoms with Crippen molar-refractivity contribution < 1.29 is 24.5 Å². The molecule has 0 saturated carbocycles. The van der Waals surface area contributed by atoms with Crippen LogP contribution < -0.4 is 4.74 Å². The molecule has 1 fully saturated rings. The first-order chi connectivity index (χ1) is 8.58. The number of aliphatic carboxylic acids is 1. The molecule has 2 atom stereocenters. The van der Waals surface area contributed by atoms with Gasteiger partial charge in [-0.3, -0.25) is 4.90 Å². The molecule has 0 bridgehead atoms. The van der Waals surface area contributed by atoms with Gasteiger partial charge in [0.15, 0.2) is 0 Å². The molecule has 1 aliphatic rings. The second-order valence-corrected chi connectivity index (χ2v) is 4.08. The molecule has 1 aromatic carbocycles. The van der Waals surface area contributed by atoms with Crippen LogP contribution in [0.2, 0.25) is 0 Å². The molecule has 2 rings (SSSR count). The van der Waals surface area contributed by atoms with Crippen LogP contribution >= 0.6 is 0 Å². The summed E-state index contributed by atoms with van der Waals surface area (Å²) in [5.74, 6) is -0.532. The summed E-state index contributed by atoms with van der Waals surface area (Å²) in [6.07, 6.45) is -1.50. The molecule has 0 unspecified atom stereocenters. The van der Waals surface area contributed by atoms with Gasteiger partial charge in [0.2, 0.25) is 0 Å². The van der Waals surface area contributed by atoms with Gasteiger partial charge in [0.05, 0.1) is 6.54 Å². The summed E-state index contributed by atoms with van der Waals surface area (Å²) in [5.41, 5.74) is 0. The number of carboxylic acid groups (broad SMARTS) is 2. The third-order valence-corrected chi connectivity index (χ3v) is 2.84. The number of rotatable bonds is 3. The van der Waals surface area contributed by atoms with Gasteiger partial charge in [-0.2, -0.15) is 0 Å². The number of hydrogen-bond donors (Lipinski definition) is 2. The van der Waals surface area contributed by atoms with E-state index in [-0.39, 0.29) is 13.0 Å². The van der Waals surface area contributed by atoms with Crippen molar-refractivity contribution >= 4 is 12.1 Å². The summed E-state index contributed by atoms with van der Waals surface area (Å²) in [6, 6.07) is 7.90. The Morgan fingerprint density at radius 3 is 2.39 bits per heavy atom. The summed E-state index contributed by atoms with van der Waals surface area (Å²) in [6.45, 7) is 0.0706. The van der Waals surface area contributed by atoms with Crippen molar-refractivity contribution in [3.8, 4) is 5.75 Å². The fourth-order valence-corrected chi connectivity index (χ4v) is 2.02. The van der Waals surface area contributed by atoms with Crippen LogP contribution in [0.3, 0.4) is 0 Å². The fraction of sp³-hybridized carbons (Fsp3) is 0.333. The molecule has 1 amide bonds. The smallest absolute Gasteiger partial charge is 0.408 e. The minimum Gasteiger partial charge on any atom is -0.488 e. The van der Waals surface area contributed by atoms with E-state index in [9.17, 15) is 9.59 Å². The lowest BCUT2D eigenvalue weighted by Crippen LogP contribution is -2.39. The molecular formula is C12H13NO5. The van der Waals surface area contributed by atoms with E-state index in [1.54, 1.807) is 24.3 Å². The number of hydrogen-bond acceptors (Lipinski definition) is 3. The second-order valence-electron chi connectivity index (χ2n) is 4.08. The van der Waals surface area contributed by atoms with Crippen molar-refractivity contribution in [2.45, 2.75) is 18.6 Å². The summed E-state index contributed by atoms with van der Waals surface area (Å²) in [7, 11) is 0. The standard InChI is InChI=1S/C12H13NO5/c14-11(15)10-6-9(7-13(10)12(16)17)18-8-4-2-1-3-5-8/h1-5,9-10H,6-7H2,(H,14,15)(H,16,17)/t9-,10+/m1/s1. The third-order valence-electron chi connectivity index (χ3n) is 2.84. The van der Waals surface area contributed by atoms with Crippen LogP contribution in [0.25, 0.3) is 0 Å². The first-order valence-corrected chi connectivity index (χ1v) is 5.52. The lowest BCUT2D eigenvalue weighted by atomic mass is 10.2. The molecule has 0 aliphatic carbocycles. The summed E-state index contributed by atoms with van der Waals surface area (Å²) < 4.78 is 5.57. The molecule has 0 radical (unpaired) electrons. The molecule has 96 valence electrons. The van der Waals surface area contributed by atoms with Gasteiger partial charge in [0.1, 0.15) is 17.9 Å². The highest BCUT2D eigenvalue weighted by Crippen LogP contribution is 2.23. The second kappa shape index (κ2) is 4.95. The molecule has 0 aromatic heterocycles. The van der Waals surface area contributed by atoms with Gasteiger partial charge in [-0.15, -0.1) is 0 Å². The number of amides is 1. The molecule has 1 heterocycles. The lowest BCUT2D eigenvalue weighted by Gasteiger charge is -2.16. The monoisotopic (exact) mass is 251 g/mol. The van der Waals surface area contributed by atoms with Crippen molar-refractivity contribution in [2.75, 3.05) is 6.54 Å². The molecule has 1 saturated heterocycles. The number of carboxylic acids is 1. The SMILES string of the molecule is O=C(O)[C@@H]1C[C@@H](Oc2ccccc2)CN1C(=O)O. The average Bonchev–Trinajstić information content (AvgIpc) is 2.74. The van der Waals surface area contributed by atoms with Gasteiger partial charge in [0, 0.05) is 6.42 Å². The van der Waals surface area contributed by atoms with Crippen LogP contribution in [0.15, 0.2) is 30.3 Å². The van der Waals surface area contributed by atoms with E-state index in [1.807, 2.05) is 6.07 Å². The zero-order chi connectivity index (χ0) is 13.1. The van der Waals surface area contributed by atoms with Crippen molar-refractivity contribution in [2.24, 2.45) is 0 Å². The van der Waals surface area contributed by atoms with E-state index in [0.29, 0.717) is 5.75 Å². The van der Waals surface area contributed by atoms with Gasteiger partial charge < -0.3 is 14.9 Å². The van der Waals surface area contributed by atoms with Gasteiger partial charge in [0.25, 0.3) is 0 Å². The van der Waals surface area contributed by atoms with E-state index in [1.165, 1.54) is 0 Å².